The number of ether oxygens (including phenoxy) is 2. The molecule has 1 aliphatic rings. The number of morpholine rings is 1. The summed E-state index contributed by atoms with van der Waals surface area (Å²) in [6.07, 6.45) is 0. The molecule has 170 valence electrons. The second-order valence-corrected chi connectivity index (χ2v) is 9.48. The molecule has 5 rings (SSSR count). The van der Waals surface area contributed by atoms with Crippen LogP contribution in [0.3, 0.4) is 0 Å². The molecular weight excluding hydrogens is 448 g/mol. The number of fused-ring (bicyclic) bond motifs is 2. The summed E-state index contributed by atoms with van der Waals surface area (Å²) >= 11 is 0. The maximum Gasteiger partial charge on any atom is 0.336 e. The SMILES string of the molecule is COc1cccc2cc(-c3cc(C(=O)O)c4cc(S(=O)(=O)N5CCOCC5)ccc4n3)oc12. The number of carbonyl (C=O) groups is 1. The first kappa shape index (κ1) is 21.4. The molecule has 1 fully saturated rings. The molecule has 0 aliphatic carbocycles. The Morgan fingerprint density at radius 3 is 2.64 bits per heavy atom. The third kappa shape index (κ3) is 3.71. The van der Waals surface area contributed by atoms with E-state index < -0.39 is 16.0 Å². The first-order valence-electron chi connectivity index (χ1n) is 10.2. The highest BCUT2D eigenvalue weighted by molar-refractivity contribution is 7.89. The number of sulfonamides is 1. The van der Waals surface area contributed by atoms with Gasteiger partial charge < -0.3 is 19.0 Å². The van der Waals surface area contributed by atoms with E-state index in [1.54, 1.807) is 12.1 Å². The third-order valence-electron chi connectivity index (χ3n) is 5.60. The van der Waals surface area contributed by atoms with Gasteiger partial charge in [-0.3, -0.25) is 0 Å². The second kappa shape index (κ2) is 8.14. The molecule has 2 aromatic heterocycles. The van der Waals surface area contributed by atoms with Gasteiger partial charge in [-0.2, -0.15) is 4.31 Å². The highest BCUT2D eigenvalue weighted by Crippen LogP contribution is 2.34. The monoisotopic (exact) mass is 468 g/mol. The summed E-state index contributed by atoms with van der Waals surface area (Å²) in [5.41, 5.74) is 1.13. The molecule has 0 unspecified atom stereocenters. The third-order valence-corrected chi connectivity index (χ3v) is 7.49. The predicted molar refractivity (Wildman–Crippen MR) is 120 cm³/mol. The first-order chi connectivity index (χ1) is 15.9. The lowest BCUT2D eigenvalue weighted by atomic mass is 10.1. The Balaban J connectivity index is 1.64. The fourth-order valence-electron chi connectivity index (χ4n) is 3.93. The van der Waals surface area contributed by atoms with Crippen LogP contribution in [0.1, 0.15) is 10.4 Å². The number of para-hydroxylation sites is 1. The number of pyridine rings is 1. The van der Waals surface area contributed by atoms with Gasteiger partial charge in [0.05, 0.1) is 36.3 Å². The zero-order valence-corrected chi connectivity index (χ0v) is 18.5. The number of hydrogen-bond donors (Lipinski definition) is 1. The highest BCUT2D eigenvalue weighted by atomic mass is 32.2. The van der Waals surface area contributed by atoms with E-state index in [-0.39, 0.29) is 28.9 Å². The fraction of sp³-hybridized carbons (Fsp3) is 0.217. The number of rotatable bonds is 5. The van der Waals surface area contributed by atoms with Crippen LogP contribution in [0.25, 0.3) is 33.3 Å². The van der Waals surface area contributed by atoms with Gasteiger partial charge in [0.25, 0.3) is 0 Å². The smallest absolute Gasteiger partial charge is 0.336 e. The zero-order chi connectivity index (χ0) is 23.2. The molecule has 1 saturated heterocycles. The lowest BCUT2D eigenvalue weighted by Crippen LogP contribution is -2.40. The van der Waals surface area contributed by atoms with Crippen LogP contribution in [-0.2, 0) is 14.8 Å². The van der Waals surface area contributed by atoms with Crippen LogP contribution < -0.4 is 4.74 Å². The molecule has 2 aromatic carbocycles. The molecular formula is C23H20N2O7S. The van der Waals surface area contributed by atoms with Crippen molar-refractivity contribution in [3.8, 4) is 17.2 Å². The van der Waals surface area contributed by atoms with E-state index in [1.165, 1.54) is 35.7 Å². The number of aromatic nitrogens is 1. The number of aromatic carboxylic acids is 1. The number of carboxylic acids is 1. The topological polar surface area (TPSA) is 119 Å². The molecule has 0 spiro atoms. The van der Waals surface area contributed by atoms with Crippen LogP contribution >= 0.6 is 0 Å². The van der Waals surface area contributed by atoms with Crippen molar-refractivity contribution in [3.05, 3.63) is 54.1 Å². The number of furan rings is 1. The summed E-state index contributed by atoms with van der Waals surface area (Å²) in [6.45, 7) is 1.14. The number of benzene rings is 2. The summed E-state index contributed by atoms with van der Waals surface area (Å²) in [4.78, 5) is 16.6. The summed E-state index contributed by atoms with van der Waals surface area (Å²) < 4.78 is 43.9. The van der Waals surface area contributed by atoms with Crippen molar-refractivity contribution in [1.82, 2.24) is 9.29 Å². The predicted octanol–water partition coefficient (Wildman–Crippen LogP) is 3.38. The van der Waals surface area contributed by atoms with Gasteiger partial charge in [-0.1, -0.05) is 12.1 Å². The molecule has 0 bridgehead atoms. The van der Waals surface area contributed by atoms with Crippen LogP contribution in [-0.4, -0.2) is 62.2 Å². The molecule has 33 heavy (non-hydrogen) atoms. The van der Waals surface area contributed by atoms with Gasteiger partial charge in [0.2, 0.25) is 10.0 Å². The molecule has 9 nitrogen and oxygen atoms in total. The molecule has 1 aliphatic heterocycles. The lowest BCUT2D eigenvalue weighted by Gasteiger charge is -2.26. The standard InChI is InChI=1S/C23H20N2O7S/c1-30-20-4-2-3-14-11-21(32-22(14)20)19-13-17(23(26)27)16-12-15(5-6-18(16)24-19)33(28,29)25-7-9-31-10-8-25/h2-6,11-13H,7-10H2,1H3,(H,26,27). The summed E-state index contributed by atoms with van der Waals surface area (Å²) in [6, 6.07) is 12.9. The number of carboxylic acid groups (broad SMARTS) is 1. The van der Waals surface area contributed by atoms with E-state index in [2.05, 4.69) is 4.98 Å². The van der Waals surface area contributed by atoms with Crippen LogP contribution in [0.15, 0.2) is 57.8 Å². The van der Waals surface area contributed by atoms with Gasteiger partial charge in [-0.15, -0.1) is 0 Å². The molecule has 10 heteroatoms. The van der Waals surface area contributed by atoms with E-state index >= 15 is 0 Å². The lowest BCUT2D eigenvalue weighted by molar-refractivity contribution is 0.0699. The van der Waals surface area contributed by atoms with Gasteiger partial charge in [0.15, 0.2) is 17.1 Å². The first-order valence-corrected chi connectivity index (χ1v) is 11.7. The van der Waals surface area contributed by atoms with Crippen molar-refractivity contribution < 1.29 is 32.2 Å². The van der Waals surface area contributed by atoms with Gasteiger partial charge in [0, 0.05) is 23.9 Å². The normalized spacial score (nSPS) is 15.2. The van der Waals surface area contributed by atoms with E-state index in [9.17, 15) is 18.3 Å². The van der Waals surface area contributed by atoms with Gasteiger partial charge in [-0.05, 0) is 36.4 Å². The van der Waals surface area contributed by atoms with Crippen molar-refractivity contribution in [2.45, 2.75) is 4.90 Å². The average molecular weight is 468 g/mol. The van der Waals surface area contributed by atoms with Crippen molar-refractivity contribution in [3.63, 3.8) is 0 Å². The minimum Gasteiger partial charge on any atom is -0.493 e. The molecule has 4 aromatic rings. The van der Waals surface area contributed by atoms with Gasteiger partial charge in [0.1, 0.15) is 5.69 Å². The van der Waals surface area contributed by atoms with Gasteiger partial charge >= 0.3 is 5.97 Å². The fourth-order valence-corrected chi connectivity index (χ4v) is 5.36. The van der Waals surface area contributed by atoms with Gasteiger partial charge in [-0.25, -0.2) is 18.2 Å². The second-order valence-electron chi connectivity index (χ2n) is 7.54. The molecule has 3 heterocycles. The molecule has 0 saturated carbocycles. The largest absolute Gasteiger partial charge is 0.493 e. The van der Waals surface area contributed by atoms with Crippen LogP contribution in [0.5, 0.6) is 5.75 Å². The van der Waals surface area contributed by atoms with Crippen LogP contribution in [0, 0.1) is 0 Å². The van der Waals surface area contributed by atoms with E-state index in [1.807, 2.05) is 12.1 Å². The number of nitrogens with zero attached hydrogens (tertiary/aromatic N) is 2. The summed E-state index contributed by atoms with van der Waals surface area (Å²) in [5.74, 6) is -0.266. The Bertz CT molecular complexity index is 1490. The van der Waals surface area contributed by atoms with E-state index in [4.69, 9.17) is 13.9 Å². The Morgan fingerprint density at radius 1 is 1.12 bits per heavy atom. The summed E-state index contributed by atoms with van der Waals surface area (Å²) in [5, 5.41) is 10.9. The quantitative estimate of drug-likeness (QED) is 0.473. The molecule has 0 radical (unpaired) electrons. The van der Waals surface area contributed by atoms with Crippen molar-refractivity contribution >= 4 is 37.9 Å². The van der Waals surface area contributed by atoms with Crippen LogP contribution in [0.4, 0.5) is 0 Å². The average Bonchev–Trinajstić information content (AvgIpc) is 3.28. The van der Waals surface area contributed by atoms with E-state index in [0.717, 1.165) is 5.39 Å². The van der Waals surface area contributed by atoms with Crippen molar-refractivity contribution in [2.75, 3.05) is 33.4 Å². The minimum absolute atomic E-state index is 0.0161. The minimum atomic E-state index is -3.78. The molecule has 1 N–H and O–H groups in total. The Hall–Kier alpha value is -3.47. The Morgan fingerprint density at radius 2 is 1.91 bits per heavy atom. The van der Waals surface area contributed by atoms with Crippen LogP contribution in [0.2, 0.25) is 0 Å². The maximum atomic E-state index is 13.0. The number of hydrogen-bond acceptors (Lipinski definition) is 7. The van der Waals surface area contributed by atoms with E-state index in [0.29, 0.717) is 41.5 Å². The highest BCUT2D eigenvalue weighted by Gasteiger charge is 2.27. The maximum absolute atomic E-state index is 13.0. The number of methoxy groups -OCH3 is 1. The van der Waals surface area contributed by atoms with Crippen molar-refractivity contribution in [2.24, 2.45) is 0 Å². The Kier molecular flexibility index (Phi) is 5.28. The molecule has 0 amide bonds. The zero-order valence-electron chi connectivity index (χ0n) is 17.6. The van der Waals surface area contributed by atoms with Crippen molar-refractivity contribution in [1.29, 1.82) is 0 Å². The summed E-state index contributed by atoms with van der Waals surface area (Å²) in [7, 11) is -2.25. The molecule has 0 atom stereocenters. The Labute approximate surface area is 189 Å².